The van der Waals surface area contributed by atoms with Crippen molar-refractivity contribution >= 4 is 5.91 Å². The summed E-state index contributed by atoms with van der Waals surface area (Å²) in [5.74, 6) is 0.0390. The predicted octanol–water partition coefficient (Wildman–Crippen LogP) is 0.219. The monoisotopic (exact) mass is 233 g/mol. The lowest BCUT2D eigenvalue weighted by molar-refractivity contribution is -0.125. The Morgan fingerprint density at radius 2 is 2.41 bits per heavy atom. The molecule has 5 heteroatoms. The summed E-state index contributed by atoms with van der Waals surface area (Å²) < 4.78 is 5.33. The number of carbonyl (C=O) groups excluding carboxylic acids is 1. The van der Waals surface area contributed by atoms with Crippen molar-refractivity contribution in [1.82, 2.24) is 15.2 Å². The molecule has 2 saturated heterocycles. The molecule has 0 spiro atoms. The summed E-state index contributed by atoms with van der Waals surface area (Å²) in [5.41, 5.74) is 2.02. The van der Waals surface area contributed by atoms with E-state index in [-0.39, 0.29) is 18.1 Å². The van der Waals surface area contributed by atoms with Gasteiger partial charge in [-0.15, -0.1) is 0 Å². The second-order valence-corrected chi connectivity index (χ2v) is 4.50. The van der Waals surface area contributed by atoms with Gasteiger partial charge in [-0.2, -0.15) is 0 Å². The molecule has 0 aliphatic carbocycles. The van der Waals surface area contributed by atoms with Gasteiger partial charge in [-0.3, -0.25) is 14.7 Å². The molecular weight excluding hydrogens is 218 g/mol. The van der Waals surface area contributed by atoms with Gasteiger partial charge in [0.05, 0.1) is 18.9 Å². The van der Waals surface area contributed by atoms with Gasteiger partial charge in [0.15, 0.2) is 0 Å². The first-order valence-electron chi connectivity index (χ1n) is 5.82. The zero-order valence-electron chi connectivity index (χ0n) is 9.72. The quantitative estimate of drug-likeness (QED) is 0.754. The fraction of sp³-hybridized carbons (Fsp3) is 0.500. The molecule has 1 aromatic rings. The third-order valence-electron chi connectivity index (χ3n) is 3.30. The van der Waals surface area contributed by atoms with E-state index in [4.69, 9.17) is 4.74 Å². The van der Waals surface area contributed by atoms with Crippen molar-refractivity contribution in [3.8, 4) is 0 Å². The maximum absolute atomic E-state index is 11.8. The zero-order chi connectivity index (χ0) is 11.8. The minimum absolute atomic E-state index is 0.0390. The highest BCUT2D eigenvalue weighted by atomic mass is 16.5. The molecule has 2 aliphatic heterocycles. The smallest absolute Gasteiger partial charge is 0.241 e. The summed E-state index contributed by atoms with van der Waals surface area (Å²) in [6, 6.07) is 3.83. The first kappa shape index (κ1) is 10.7. The number of aryl methyl sites for hydroxylation is 1. The maximum atomic E-state index is 11.8. The van der Waals surface area contributed by atoms with Gasteiger partial charge in [0.25, 0.3) is 0 Å². The van der Waals surface area contributed by atoms with Gasteiger partial charge >= 0.3 is 0 Å². The van der Waals surface area contributed by atoms with E-state index in [0.717, 1.165) is 17.8 Å². The first-order chi connectivity index (χ1) is 8.25. The average molecular weight is 233 g/mol. The number of nitrogens with one attached hydrogen (secondary N) is 1. The molecule has 0 radical (unpaired) electrons. The lowest BCUT2D eigenvalue weighted by Gasteiger charge is -2.30. The van der Waals surface area contributed by atoms with Gasteiger partial charge in [-0.1, -0.05) is 6.07 Å². The van der Waals surface area contributed by atoms with Crippen molar-refractivity contribution in [3.05, 3.63) is 29.6 Å². The van der Waals surface area contributed by atoms with Gasteiger partial charge in [0.2, 0.25) is 5.91 Å². The summed E-state index contributed by atoms with van der Waals surface area (Å²) in [7, 11) is 0. The van der Waals surface area contributed by atoms with Crippen LogP contribution >= 0.6 is 0 Å². The highest BCUT2D eigenvalue weighted by Gasteiger charge is 2.42. The normalized spacial score (nSPS) is 28.9. The van der Waals surface area contributed by atoms with Crippen LogP contribution in [0.1, 0.15) is 17.4 Å². The van der Waals surface area contributed by atoms with E-state index in [2.05, 4.69) is 15.2 Å². The Balaban J connectivity index is 1.88. The molecule has 0 bridgehead atoms. The van der Waals surface area contributed by atoms with E-state index < -0.39 is 0 Å². The SMILES string of the molecule is Cc1ccc([C@@H]2NC(=O)[C@H]3COCCN32)nc1. The van der Waals surface area contributed by atoms with Gasteiger partial charge in [0.1, 0.15) is 12.2 Å². The van der Waals surface area contributed by atoms with Crippen LogP contribution in [-0.2, 0) is 9.53 Å². The fourth-order valence-electron chi connectivity index (χ4n) is 2.35. The number of carbonyl (C=O) groups is 1. The molecule has 5 nitrogen and oxygen atoms in total. The number of morpholine rings is 1. The van der Waals surface area contributed by atoms with Crippen LogP contribution in [0.2, 0.25) is 0 Å². The van der Waals surface area contributed by atoms with Crippen LogP contribution in [-0.4, -0.2) is 41.6 Å². The largest absolute Gasteiger partial charge is 0.378 e. The highest BCUT2D eigenvalue weighted by molar-refractivity contribution is 5.84. The van der Waals surface area contributed by atoms with Crippen LogP contribution in [0.5, 0.6) is 0 Å². The number of nitrogens with zero attached hydrogens (tertiary/aromatic N) is 2. The molecule has 0 saturated carbocycles. The van der Waals surface area contributed by atoms with Crippen LogP contribution in [0.15, 0.2) is 18.3 Å². The molecule has 1 amide bonds. The van der Waals surface area contributed by atoms with E-state index in [1.807, 2.05) is 25.3 Å². The minimum Gasteiger partial charge on any atom is -0.378 e. The lowest BCUT2D eigenvalue weighted by atomic mass is 10.2. The number of pyridine rings is 1. The molecule has 0 aromatic carbocycles. The Kier molecular flexibility index (Phi) is 2.57. The van der Waals surface area contributed by atoms with Crippen molar-refractivity contribution in [2.45, 2.75) is 19.1 Å². The standard InChI is InChI=1S/C12H15N3O2/c1-8-2-3-9(13-6-8)11-14-12(16)10-7-17-5-4-15(10)11/h2-3,6,10-11H,4-5,7H2,1H3,(H,14,16)/t10-,11-/m1/s1. The van der Waals surface area contributed by atoms with Crippen molar-refractivity contribution in [2.75, 3.05) is 19.8 Å². The van der Waals surface area contributed by atoms with Crippen LogP contribution in [0.4, 0.5) is 0 Å². The lowest BCUT2D eigenvalue weighted by Crippen LogP contribution is -2.44. The number of ether oxygens (including phenoxy) is 1. The Morgan fingerprint density at radius 1 is 1.53 bits per heavy atom. The molecule has 3 rings (SSSR count). The summed E-state index contributed by atoms with van der Waals surface area (Å²) in [6.07, 6.45) is 1.73. The fourth-order valence-corrected chi connectivity index (χ4v) is 2.35. The number of rotatable bonds is 1. The summed E-state index contributed by atoms with van der Waals surface area (Å²) in [5, 5.41) is 2.98. The van der Waals surface area contributed by atoms with Crippen molar-refractivity contribution in [3.63, 3.8) is 0 Å². The number of fused-ring (bicyclic) bond motifs is 1. The van der Waals surface area contributed by atoms with Crippen LogP contribution < -0.4 is 5.32 Å². The van der Waals surface area contributed by atoms with Crippen LogP contribution in [0.3, 0.4) is 0 Å². The molecule has 3 heterocycles. The number of aromatic nitrogens is 1. The Hall–Kier alpha value is -1.46. The van der Waals surface area contributed by atoms with E-state index in [1.165, 1.54) is 0 Å². The van der Waals surface area contributed by atoms with E-state index in [1.54, 1.807) is 0 Å². The molecule has 2 fully saturated rings. The van der Waals surface area contributed by atoms with Crippen LogP contribution in [0, 0.1) is 6.92 Å². The summed E-state index contributed by atoms with van der Waals surface area (Å²) >= 11 is 0. The third kappa shape index (κ3) is 1.81. The second-order valence-electron chi connectivity index (χ2n) is 4.50. The topological polar surface area (TPSA) is 54.5 Å². The number of amides is 1. The minimum atomic E-state index is -0.156. The van der Waals surface area contributed by atoms with E-state index in [0.29, 0.717) is 13.2 Å². The number of hydrogen-bond donors (Lipinski definition) is 1. The van der Waals surface area contributed by atoms with Crippen molar-refractivity contribution in [1.29, 1.82) is 0 Å². The molecule has 90 valence electrons. The van der Waals surface area contributed by atoms with Crippen LogP contribution in [0.25, 0.3) is 0 Å². The molecule has 0 unspecified atom stereocenters. The van der Waals surface area contributed by atoms with Gasteiger partial charge in [0, 0.05) is 12.7 Å². The third-order valence-corrected chi connectivity index (χ3v) is 3.30. The van der Waals surface area contributed by atoms with Gasteiger partial charge < -0.3 is 10.1 Å². The highest BCUT2D eigenvalue weighted by Crippen LogP contribution is 2.26. The second kappa shape index (κ2) is 4.09. The Bertz CT molecular complexity index is 432. The van der Waals surface area contributed by atoms with Gasteiger partial charge in [-0.25, -0.2) is 0 Å². The summed E-state index contributed by atoms with van der Waals surface area (Å²) in [4.78, 5) is 18.3. The zero-order valence-corrected chi connectivity index (χ0v) is 9.72. The first-order valence-corrected chi connectivity index (χ1v) is 5.82. The van der Waals surface area contributed by atoms with E-state index in [9.17, 15) is 4.79 Å². The van der Waals surface area contributed by atoms with Gasteiger partial charge in [-0.05, 0) is 18.6 Å². The average Bonchev–Trinajstić information content (AvgIpc) is 2.69. The predicted molar refractivity (Wildman–Crippen MR) is 61.2 cm³/mol. The molecule has 17 heavy (non-hydrogen) atoms. The Morgan fingerprint density at radius 3 is 3.18 bits per heavy atom. The maximum Gasteiger partial charge on any atom is 0.241 e. The van der Waals surface area contributed by atoms with E-state index >= 15 is 0 Å². The van der Waals surface area contributed by atoms with Crippen molar-refractivity contribution < 1.29 is 9.53 Å². The molecule has 1 aromatic heterocycles. The summed E-state index contributed by atoms with van der Waals surface area (Å²) in [6.45, 7) is 3.92. The molecule has 1 N–H and O–H groups in total. The van der Waals surface area contributed by atoms with Crippen molar-refractivity contribution in [2.24, 2.45) is 0 Å². The molecular formula is C12H15N3O2. The Labute approximate surface area is 99.8 Å². The number of hydrogen-bond acceptors (Lipinski definition) is 4. The molecule has 2 aliphatic rings. The molecule has 2 atom stereocenters.